The summed E-state index contributed by atoms with van der Waals surface area (Å²) in [6.07, 6.45) is 1.36. The highest BCUT2D eigenvalue weighted by molar-refractivity contribution is 6.30. The minimum atomic E-state index is -0.736. The first-order valence-electron chi connectivity index (χ1n) is 7.44. The zero-order valence-corrected chi connectivity index (χ0v) is 13.9. The molecule has 0 aliphatic carbocycles. The number of rotatable bonds is 5. The number of aliphatic hydroxyl groups excluding tert-OH is 1. The van der Waals surface area contributed by atoms with Crippen LogP contribution in [0.2, 0.25) is 5.15 Å². The van der Waals surface area contributed by atoms with Crippen molar-refractivity contribution < 1.29 is 5.11 Å². The quantitative estimate of drug-likeness (QED) is 0.897. The largest absolute Gasteiger partial charge is 0.383 e. The summed E-state index contributed by atoms with van der Waals surface area (Å²) in [7, 11) is 1.80. The predicted octanol–water partition coefficient (Wildman–Crippen LogP) is 4.23. The molecule has 3 nitrogen and oxygen atoms in total. The fourth-order valence-electron chi connectivity index (χ4n) is 2.59. The molecule has 1 heterocycles. The molecule has 2 rings (SSSR count). The Morgan fingerprint density at radius 1 is 1.33 bits per heavy atom. The van der Waals surface area contributed by atoms with Crippen LogP contribution in [0.15, 0.2) is 24.3 Å². The van der Waals surface area contributed by atoms with Gasteiger partial charge in [0.2, 0.25) is 0 Å². The van der Waals surface area contributed by atoms with Crippen molar-refractivity contribution in [3.63, 3.8) is 0 Å². The molecule has 0 spiro atoms. The Balaban J connectivity index is 2.44. The van der Waals surface area contributed by atoms with Crippen molar-refractivity contribution in [2.75, 3.05) is 0 Å². The van der Waals surface area contributed by atoms with E-state index in [9.17, 15) is 5.11 Å². The van der Waals surface area contributed by atoms with E-state index in [0.29, 0.717) is 5.15 Å². The molecule has 114 valence electrons. The standard InChI is InChI=1S/C17H23ClN2O/c1-5-7-12-8-6-9-13(10-12)16(21)14-15(11(2)3)19-20(4)17(14)18/h6,8-11,16,21H,5,7H2,1-4H3. The lowest BCUT2D eigenvalue weighted by atomic mass is 9.95. The summed E-state index contributed by atoms with van der Waals surface area (Å²) in [5.41, 5.74) is 3.69. The molecule has 1 atom stereocenters. The molecule has 0 bridgehead atoms. The molecule has 4 heteroatoms. The first kappa shape index (κ1) is 16.1. The average molecular weight is 307 g/mol. The summed E-state index contributed by atoms with van der Waals surface area (Å²) >= 11 is 6.34. The maximum absolute atomic E-state index is 10.8. The highest BCUT2D eigenvalue weighted by atomic mass is 35.5. The van der Waals surface area contributed by atoms with Gasteiger partial charge < -0.3 is 5.11 Å². The molecule has 0 radical (unpaired) electrons. The third-order valence-electron chi connectivity index (χ3n) is 3.67. The lowest BCUT2D eigenvalue weighted by Crippen LogP contribution is -2.04. The van der Waals surface area contributed by atoms with E-state index in [1.54, 1.807) is 11.7 Å². The zero-order valence-electron chi connectivity index (χ0n) is 13.1. The monoisotopic (exact) mass is 306 g/mol. The van der Waals surface area contributed by atoms with Crippen molar-refractivity contribution in [1.29, 1.82) is 0 Å². The first-order valence-corrected chi connectivity index (χ1v) is 7.82. The Hall–Kier alpha value is -1.32. The van der Waals surface area contributed by atoms with Crippen LogP contribution in [0.25, 0.3) is 0 Å². The molecule has 1 unspecified atom stereocenters. The van der Waals surface area contributed by atoms with E-state index in [1.165, 1.54) is 5.56 Å². The highest BCUT2D eigenvalue weighted by Gasteiger charge is 2.24. The van der Waals surface area contributed by atoms with Gasteiger partial charge in [0.1, 0.15) is 11.3 Å². The third-order valence-corrected chi connectivity index (χ3v) is 4.11. The SMILES string of the molecule is CCCc1cccc(C(O)c2c(C(C)C)nn(C)c2Cl)c1. The van der Waals surface area contributed by atoms with Crippen LogP contribution in [0, 0.1) is 0 Å². The Bertz CT molecular complexity index is 619. The van der Waals surface area contributed by atoms with Gasteiger partial charge in [-0.05, 0) is 23.5 Å². The van der Waals surface area contributed by atoms with Crippen LogP contribution >= 0.6 is 11.6 Å². The molecule has 1 aromatic carbocycles. The Kier molecular flexibility index (Phi) is 5.07. The maximum Gasteiger partial charge on any atom is 0.133 e. The number of halogens is 1. The summed E-state index contributed by atoms with van der Waals surface area (Å²) in [6, 6.07) is 8.08. The van der Waals surface area contributed by atoms with Crippen LogP contribution in [0.1, 0.15) is 61.6 Å². The lowest BCUT2D eigenvalue weighted by molar-refractivity contribution is 0.218. The second-order valence-electron chi connectivity index (χ2n) is 5.77. The number of hydrogen-bond donors (Lipinski definition) is 1. The van der Waals surface area contributed by atoms with Gasteiger partial charge in [-0.3, -0.25) is 4.68 Å². The van der Waals surface area contributed by atoms with E-state index in [0.717, 1.165) is 29.7 Å². The number of nitrogens with zero attached hydrogens (tertiary/aromatic N) is 2. The molecule has 1 aromatic heterocycles. The van der Waals surface area contributed by atoms with E-state index in [-0.39, 0.29) is 5.92 Å². The second-order valence-corrected chi connectivity index (χ2v) is 6.12. The second kappa shape index (κ2) is 6.63. The lowest BCUT2D eigenvalue weighted by Gasteiger charge is -2.14. The number of benzene rings is 1. The number of aliphatic hydroxyl groups is 1. The Labute approximate surface area is 131 Å². The zero-order chi connectivity index (χ0) is 15.6. The van der Waals surface area contributed by atoms with E-state index in [2.05, 4.69) is 38.0 Å². The summed E-state index contributed by atoms with van der Waals surface area (Å²) in [5.74, 6) is 0.215. The van der Waals surface area contributed by atoms with Crippen LogP contribution < -0.4 is 0 Å². The summed E-state index contributed by atoms with van der Waals surface area (Å²) in [4.78, 5) is 0. The fourth-order valence-corrected chi connectivity index (χ4v) is 2.83. The average Bonchev–Trinajstić information content (AvgIpc) is 2.75. The topological polar surface area (TPSA) is 38.1 Å². The van der Waals surface area contributed by atoms with E-state index in [4.69, 9.17) is 11.6 Å². The molecule has 21 heavy (non-hydrogen) atoms. The molecular weight excluding hydrogens is 284 g/mol. The first-order chi connectivity index (χ1) is 9.95. The van der Waals surface area contributed by atoms with Gasteiger partial charge in [-0.1, -0.05) is 63.1 Å². The van der Waals surface area contributed by atoms with Gasteiger partial charge in [0.05, 0.1) is 5.69 Å². The van der Waals surface area contributed by atoms with Gasteiger partial charge in [-0.2, -0.15) is 5.10 Å². The van der Waals surface area contributed by atoms with Crippen molar-refractivity contribution in [1.82, 2.24) is 9.78 Å². The van der Waals surface area contributed by atoms with Gasteiger partial charge in [-0.25, -0.2) is 0 Å². The minimum absolute atomic E-state index is 0.215. The van der Waals surface area contributed by atoms with Crippen LogP contribution in [-0.4, -0.2) is 14.9 Å². The van der Waals surface area contributed by atoms with Crippen LogP contribution in [0.3, 0.4) is 0 Å². The smallest absolute Gasteiger partial charge is 0.133 e. The Morgan fingerprint density at radius 3 is 2.67 bits per heavy atom. The van der Waals surface area contributed by atoms with Gasteiger partial charge in [0, 0.05) is 12.6 Å². The number of aromatic nitrogens is 2. The summed E-state index contributed by atoms with van der Waals surface area (Å²) in [5, 5.41) is 15.7. The number of aryl methyl sites for hydroxylation is 2. The van der Waals surface area contributed by atoms with Crippen LogP contribution in [-0.2, 0) is 13.5 Å². The normalized spacial score (nSPS) is 12.9. The van der Waals surface area contributed by atoms with Crippen LogP contribution in [0.4, 0.5) is 0 Å². The molecule has 0 aliphatic heterocycles. The molecule has 0 aliphatic rings. The van der Waals surface area contributed by atoms with E-state index in [1.807, 2.05) is 12.1 Å². The fraction of sp³-hybridized carbons (Fsp3) is 0.471. The van der Waals surface area contributed by atoms with Crippen molar-refractivity contribution in [2.24, 2.45) is 7.05 Å². The molecule has 0 fully saturated rings. The van der Waals surface area contributed by atoms with Gasteiger partial charge >= 0.3 is 0 Å². The molecule has 0 amide bonds. The van der Waals surface area contributed by atoms with Gasteiger partial charge in [-0.15, -0.1) is 0 Å². The van der Waals surface area contributed by atoms with Crippen molar-refractivity contribution in [3.05, 3.63) is 51.8 Å². The van der Waals surface area contributed by atoms with Crippen molar-refractivity contribution >= 4 is 11.6 Å². The van der Waals surface area contributed by atoms with E-state index >= 15 is 0 Å². The van der Waals surface area contributed by atoms with E-state index < -0.39 is 6.10 Å². The molecule has 2 aromatic rings. The van der Waals surface area contributed by atoms with Crippen molar-refractivity contribution in [3.8, 4) is 0 Å². The highest BCUT2D eigenvalue weighted by Crippen LogP contribution is 2.34. The summed E-state index contributed by atoms with van der Waals surface area (Å²) in [6.45, 7) is 6.27. The molecular formula is C17H23ClN2O. The predicted molar refractivity (Wildman–Crippen MR) is 86.8 cm³/mol. The molecule has 0 saturated heterocycles. The summed E-state index contributed by atoms with van der Waals surface area (Å²) < 4.78 is 1.63. The Morgan fingerprint density at radius 2 is 2.05 bits per heavy atom. The minimum Gasteiger partial charge on any atom is -0.383 e. The molecule has 0 saturated carbocycles. The van der Waals surface area contributed by atoms with Crippen LogP contribution in [0.5, 0.6) is 0 Å². The van der Waals surface area contributed by atoms with Gasteiger partial charge in [0.15, 0.2) is 0 Å². The molecule has 1 N–H and O–H groups in total. The maximum atomic E-state index is 10.8. The third kappa shape index (κ3) is 3.30. The number of hydrogen-bond acceptors (Lipinski definition) is 2. The van der Waals surface area contributed by atoms with Gasteiger partial charge in [0.25, 0.3) is 0 Å². The van der Waals surface area contributed by atoms with Crippen molar-refractivity contribution in [2.45, 2.75) is 45.6 Å².